The molecule has 2 aromatic carbocycles. The van der Waals surface area contributed by atoms with Gasteiger partial charge in [-0.3, -0.25) is 9.59 Å². The number of rotatable bonds is 7. The fourth-order valence-electron chi connectivity index (χ4n) is 3.93. The van der Waals surface area contributed by atoms with Crippen LogP contribution in [0.25, 0.3) is 0 Å². The summed E-state index contributed by atoms with van der Waals surface area (Å²) in [6.45, 7) is -0.453. The van der Waals surface area contributed by atoms with Gasteiger partial charge in [0.2, 0.25) is 5.91 Å². The number of carbonyl (C=O) groups excluding carboxylic acids is 3. The quantitative estimate of drug-likeness (QED) is 0.277. The second-order valence-corrected chi connectivity index (χ2v) is 9.25. The first-order valence-corrected chi connectivity index (χ1v) is 12.5. The molecule has 8 nitrogen and oxygen atoms in total. The largest absolute Gasteiger partial charge is 0.416 e. The van der Waals surface area contributed by atoms with Crippen LogP contribution < -0.4 is 27.0 Å². The minimum Gasteiger partial charge on any atom is -0.398 e. The SMILES string of the molecule is CSc1ccc(NC(=O)NC2CCCCC2NC(=O)CNC(=O)c2cc(C(F)(F)F)ccc2N)cc1. The zero-order chi connectivity index (χ0) is 26.3. The van der Waals surface area contributed by atoms with Gasteiger partial charge in [0.05, 0.1) is 23.7 Å². The summed E-state index contributed by atoms with van der Waals surface area (Å²) in [6, 6.07) is 8.74. The molecule has 0 radical (unpaired) electrons. The molecule has 0 aromatic heterocycles. The number of nitrogens with two attached hydrogens (primary N) is 1. The summed E-state index contributed by atoms with van der Waals surface area (Å²) in [6.07, 6.45) is 0.357. The minimum absolute atomic E-state index is 0.133. The zero-order valence-corrected chi connectivity index (χ0v) is 20.4. The summed E-state index contributed by atoms with van der Waals surface area (Å²) < 4.78 is 38.8. The van der Waals surface area contributed by atoms with Gasteiger partial charge in [0, 0.05) is 22.3 Å². The molecular formula is C24H28F3N5O3S. The highest BCUT2D eigenvalue weighted by Gasteiger charge is 2.32. The minimum atomic E-state index is -4.63. The van der Waals surface area contributed by atoms with Crippen LogP contribution >= 0.6 is 11.8 Å². The van der Waals surface area contributed by atoms with E-state index < -0.39 is 36.1 Å². The summed E-state index contributed by atoms with van der Waals surface area (Å²) in [4.78, 5) is 38.4. The number of anilines is 2. The molecule has 1 fully saturated rings. The molecule has 6 N–H and O–H groups in total. The van der Waals surface area contributed by atoms with E-state index in [0.29, 0.717) is 24.6 Å². The van der Waals surface area contributed by atoms with E-state index in [4.69, 9.17) is 5.73 Å². The van der Waals surface area contributed by atoms with E-state index in [1.54, 1.807) is 23.9 Å². The number of nitrogens with one attached hydrogen (secondary N) is 4. The van der Waals surface area contributed by atoms with Gasteiger partial charge in [0.1, 0.15) is 0 Å². The number of halogens is 3. The second-order valence-electron chi connectivity index (χ2n) is 8.37. The smallest absolute Gasteiger partial charge is 0.398 e. The fraction of sp³-hybridized carbons (Fsp3) is 0.375. The number of carbonyl (C=O) groups is 3. The van der Waals surface area contributed by atoms with Crippen molar-refractivity contribution in [1.82, 2.24) is 16.0 Å². The van der Waals surface area contributed by atoms with Crippen molar-refractivity contribution in [2.75, 3.05) is 23.9 Å². The molecule has 0 bridgehead atoms. The number of nitrogen functional groups attached to an aromatic ring is 1. The van der Waals surface area contributed by atoms with Gasteiger partial charge in [-0.05, 0) is 61.6 Å². The molecule has 2 unspecified atom stereocenters. The Bertz CT molecular complexity index is 1100. The third-order valence-corrected chi connectivity index (χ3v) is 6.56. The van der Waals surface area contributed by atoms with Crippen molar-refractivity contribution in [3.8, 4) is 0 Å². The third-order valence-electron chi connectivity index (χ3n) is 5.81. The number of alkyl halides is 3. The van der Waals surface area contributed by atoms with Gasteiger partial charge in [-0.15, -0.1) is 11.8 Å². The van der Waals surface area contributed by atoms with Crippen LogP contribution in [-0.4, -0.2) is 42.7 Å². The normalized spacial score (nSPS) is 17.7. The predicted octanol–water partition coefficient (Wildman–Crippen LogP) is 3.99. The summed E-state index contributed by atoms with van der Waals surface area (Å²) in [5.74, 6) is -1.42. The summed E-state index contributed by atoms with van der Waals surface area (Å²) >= 11 is 1.59. The first-order chi connectivity index (χ1) is 17.1. The van der Waals surface area contributed by atoms with Crippen LogP contribution in [-0.2, 0) is 11.0 Å². The number of urea groups is 1. The Morgan fingerprint density at radius 1 is 1.00 bits per heavy atom. The van der Waals surface area contributed by atoms with E-state index in [1.807, 2.05) is 18.4 Å². The van der Waals surface area contributed by atoms with Crippen molar-refractivity contribution < 1.29 is 27.6 Å². The Morgan fingerprint density at radius 2 is 1.64 bits per heavy atom. The van der Waals surface area contributed by atoms with Gasteiger partial charge in [0.25, 0.3) is 5.91 Å². The van der Waals surface area contributed by atoms with Crippen LogP contribution in [0.2, 0.25) is 0 Å². The van der Waals surface area contributed by atoms with Crippen molar-refractivity contribution in [2.24, 2.45) is 0 Å². The lowest BCUT2D eigenvalue weighted by Crippen LogP contribution is -2.55. The van der Waals surface area contributed by atoms with E-state index in [9.17, 15) is 27.6 Å². The maximum atomic E-state index is 12.9. The van der Waals surface area contributed by atoms with E-state index >= 15 is 0 Å². The number of amides is 4. The van der Waals surface area contributed by atoms with E-state index in [1.165, 1.54) is 0 Å². The Kier molecular flexibility index (Phi) is 9.08. The second kappa shape index (κ2) is 12.0. The molecule has 1 aliphatic carbocycles. The number of benzene rings is 2. The van der Waals surface area contributed by atoms with Crippen molar-refractivity contribution in [2.45, 2.75) is 48.8 Å². The first-order valence-electron chi connectivity index (χ1n) is 11.3. The fourth-order valence-corrected chi connectivity index (χ4v) is 4.34. The van der Waals surface area contributed by atoms with E-state index in [-0.39, 0.29) is 23.3 Å². The highest BCUT2D eigenvalue weighted by molar-refractivity contribution is 7.98. The molecular weight excluding hydrogens is 495 g/mol. The molecule has 2 aromatic rings. The topological polar surface area (TPSA) is 125 Å². The van der Waals surface area contributed by atoms with Crippen molar-refractivity contribution in [3.05, 3.63) is 53.6 Å². The third kappa shape index (κ3) is 7.54. The summed E-state index contributed by atoms with van der Waals surface area (Å²) in [7, 11) is 0. The lowest BCUT2D eigenvalue weighted by Gasteiger charge is -2.32. The van der Waals surface area contributed by atoms with Gasteiger partial charge in [-0.1, -0.05) is 12.8 Å². The molecule has 12 heteroatoms. The molecule has 0 aliphatic heterocycles. The monoisotopic (exact) mass is 523 g/mol. The maximum absolute atomic E-state index is 12.9. The number of hydrogen-bond donors (Lipinski definition) is 5. The molecule has 2 atom stereocenters. The Labute approximate surface area is 211 Å². The maximum Gasteiger partial charge on any atom is 0.416 e. The van der Waals surface area contributed by atoms with Gasteiger partial charge in [0.15, 0.2) is 0 Å². The highest BCUT2D eigenvalue weighted by Crippen LogP contribution is 2.31. The van der Waals surface area contributed by atoms with Crippen LogP contribution in [0, 0.1) is 0 Å². The van der Waals surface area contributed by atoms with Crippen LogP contribution in [0.5, 0.6) is 0 Å². The van der Waals surface area contributed by atoms with Gasteiger partial charge < -0.3 is 27.0 Å². The Hall–Kier alpha value is -3.41. The van der Waals surface area contributed by atoms with Crippen LogP contribution in [0.15, 0.2) is 47.4 Å². The summed E-state index contributed by atoms with van der Waals surface area (Å²) in [5, 5.41) is 10.8. The van der Waals surface area contributed by atoms with Gasteiger partial charge in [-0.25, -0.2) is 4.79 Å². The zero-order valence-electron chi connectivity index (χ0n) is 19.6. The average molecular weight is 524 g/mol. The molecule has 4 amide bonds. The van der Waals surface area contributed by atoms with E-state index in [2.05, 4.69) is 21.3 Å². The van der Waals surface area contributed by atoms with Crippen LogP contribution in [0.4, 0.5) is 29.3 Å². The Morgan fingerprint density at radius 3 is 2.25 bits per heavy atom. The first kappa shape index (κ1) is 27.2. The number of hydrogen-bond acceptors (Lipinski definition) is 5. The highest BCUT2D eigenvalue weighted by atomic mass is 32.2. The average Bonchev–Trinajstić information content (AvgIpc) is 2.83. The van der Waals surface area contributed by atoms with Gasteiger partial charge in [-0.2, -0.15) is 13.2 Å². The van der Waals surface area contributed by atoms with Crippen LogP contribution in [0.3, 0.4) is 0 Å². The molecule has 0 spiro atoms. The van der Waals surface area contributed by atoms with Crippen molar-refractivity contribution in [3.63, 3.8) is 0 Å². The molecule has 3 rings (SSSR count). The van der Waals surface area contributed by atoms with E-state index in [0.717, 1.165) is 29.9 Å². The van der Waals surface area contributed by atoms with Crippen LogP contribution in [0.1, 0.15) is 41.6 Å². The molecule has 1 saturated carbocycles. The molecule has 1 aliphatic rings. The van der Waals surface area contributed by atoms with Gasteiger partial charge >= 0.3 is 12.2 Å². The molecule has 194 valence electrons. The van der Waals surface area contributed by atoms with Crippen molar-refractivity contribution in [1.29, 1.82) is 0 Å². The standard InChI is InChI=1S/C24H28F3N5O3S/c1-36-16-9-7-15(8-10-16)30-23(35)32-20-5-3-2-4-19(20)31-21(33)13-29-22(34)17-12-14(24(25,26)27)6-11-18(17)28/h6-12,19-20H,2-5,13,28H2,1H3,(H,29,34)(H,31,33)(H2,30,32,35). The molecule has 36 heavy (non-hydrogen) atoms. The molecule has 0 heterocycles. The molecule has 0 saturated heterocycles. The lowest BCUT2D eigenvalue weighted by molar-refractivity contribution is -0.137. The summed E-state index contributed by atoms with van der Waals surface area (Å²) in [5.41, 5.74) is 4.78. The van der Waals surface area contributed by atoms with Crippen molar-refractivity contribution >= 4 is 41.0 Å². The number of thioether (sulfide) groups is 1. The Balaban J connectivity index is 1.53. The predicted molar refractivity (Wildman–Crippen MR) is 133 cm³/mol. The lowest BCUT2D eigenvalue weighted by atomic mass is 9.90.